The van der Waals surface area contributed by atoms with Gasteiger partial charge in [0.1, 0.15) is 23.0 Å². The fourth-order valence-corrected chi connectivity index (χ4v) is 6.62. The summed E-state index contributed by atoms with van der Waals surface area (Å²) in [6, 6.07) is 10.7. The molecule has 0 saturated carbocycles. The number of ether oxygens (including phenoxy) is 1. The Morgan fingerprint density at radius 3 is 2.77 bits per heavy atom. The molecule has 2 N–H and O–H groups in total. The van der Waals surface area contributed by atoms with Gasteiger partial charge in [-0.25, -0.2) is 4.98 Å². The summed E-state index contributed by atoms with van der Waals surface area (Å²) in [6.45, 7) is 11.0. The second-order valence-electron chi connectivity index (χ2n) is 13.3. The molecule has 1 aliphatic carbocycles. The molecule has 0 aromatic carbocycles. The van der Waals surface area contributed by atoms with Crippen molar-refractivity contribution in [2.24, 2.45) is 18.4 Å². The van der Waals surface area contributed by atoms with Gasteiger partial charge >= 0.3 is 0 Å². The van der Waals surface area contributed by atoms with E-state index in [1.165, 1.54) is 21.9 Å². The average molecular weight is 637 g/mol. The summed E-state index contributed by atoms with van der Waals surface area (Å²) in [5.74, 6) is 0.959. The van der Waals surface area contributed by atoms with Crippen molar-refractivity contribution in [3.63, 3.8) is 0 Å². The van der Waals surface area contributed by atoms with Crippen LogP contribution in [0.2, 0.25) is 0 Å². The van der Waals surface area contributed by atoms with Crippen molar-refractivity contribution in [1.29, 1.82) is 0 Å². The van der Waals surface area contributed by atoms with Crippen LogP contribution in [-0.4, -0.2) is 49.1 Å². The maximum absolute atomic E-state index is 13.8. The number of aliphatic hydroxyl groups is 1. The Kier molecular flexibility index (Phi) is 8.59. The van der Waals surface area contributed by atoms with Crippen LogP contribution in [0, 0.1) is 11.3 Å². The largest absolute Gasteiger partial charge is 0.477 e. The second-order valence-corrected chi connectivity index (χ2v) is 13.3. The maximum atomic E-state index is 13.8. The highest BCUT2D eigenvalue weighted by atomic mass is 16.5. The summed E-state index contributed by atoms with van der Waals surface area (Å²) in [7, 11) is 1.65. The van der Waals surface area contributed by atoms with Gasteiger partial charge in [-0.2, -0.15) is 4.98 Å². The zero-order valence-corrected chi connectivity index (χ0v) is 27.2. The summed E-state index contributed by atoms with van der Waals surface area (Å²) in [4.78, 5) is 49.4. The van der Waals surface area contributed by atoms with Crippen LogP contribution in [0.15, 0.2) is 66.2 Å². The molecule has 2 aliphatic rings. The van der Waals surface area contributed by atoms with Crippen molar-refractivity contribution in [1.82, 2.24) is 19.1 Å². The molecule has 0 fully saturated rings. The number of allylic oxidation sites excluding steroid dienone is 1. The predicted octanol–water partition coefficient (Wildman–Crippen LogP) is 4.83. The number of nitrogens with one attached hydrogen (secondary N) is 1. The van der Waals surface area contributed by atoms with Crippen LogP contribution >= 0.6 is 0 Å². The van der Waals surface area contributed by atoms with E-state index in [2.05, 4.69) is 40.3 Å². The number of amides is 1. The van der Waals surface area contributed by atoms with Crippen LogP contribution in [0.5, 0.6) is 5.88 Å². The van der Waals surface area contributed by atoms with Crippen LogP contribution in [0.25, 0.3) is 11.1 Å². The van der Waals surface area contributed by atoms with E-state index < -0.39 is 0 Å². The lowest BCUT2D eigenvalue weighted by atomic mass is 9.90. The Morgan fingerprint density at radius 1 is 1.19 bits per heavy atom. The van der Waals surface area contributed by atoms with Gasteiger partial charge in [0.15, 0.2) is 5.78 Å². The number of rotatable bonds is 11. The molecule has 1 amide bonds. The number of pyridine rings is 3. The zero-order chi connectivity index (χ0) is 33.5. The van der Waals surface area contributed by atoms with Crippen molar-refractivity contribution < 1.29 is 19.4 Å². The number of hydrogen-bond donors (Lipinski definition) is 2. The molecule has 47 heavy (non-hydrogen) atoms. The van der Waals surface area contributed by atoms with E-state index in [-0.39, 0.29) is 40.9 Å². The average Bonchev–Trinajstić information content (AvgIpc) is 3.54. The monoisotopic (exact) mass is 636 g/mol. The molecule has 0 spiro atoms. The van der Waals surface area contributed by atoms with Gasteiger partial charge in [0.2, 0.25) is 5.88 Å². The number of aliphatic hydroxyl groups excluding tert-OH is 1. The van der Waals surface area contributed by atoms with E-state index in [1.54, 1.807) is 54.7 Å². The highest BCUT2D eigenvalue weighted by Gasteiger charge is 2.37. The molecule has 1 atom stereocenters. The highest BCUT2D eigenvalue weighted by molar-refractivity contribution is 6.06. The summed E-state index contributed by atoms with van der Waals surface area (Å²) < 4.78 is 9.41. The van der Waals surface area contributed by atoms with Crippen molar-refractivity contribution in [3.8, 4) is 17.0 Å². The van der Waals surface area contributed by atoms with Gasteiger partial charge in [0, 0.05) is 61.8 Å². The van der Waals surface area contributed by atoms with Crippen LogP contribution in [-0.2, 0) is 37.8 Å². The molecule has 4 aromatic heterocycles. The van der Waals surface area contributed by atoms with Crippen LogP contribution in [0.4, 0.5) is 17.3 Å². The first kappa shape index (κ1) is 31.9. The second kappa shape index (κ2) is 12.6. The lowest BCUT2D eigenvalue weighted by Gasteiger charge is -2.31. The summed E-state index contributed by atoms with van der Waals surface area (Å²) >= 11 is 0. The van der Waals surface area contributed by atoms with Crippen molar-refractivity contribution in [2.75, 3.05) is 23.4 Å². The molecule has 5 heterocycles. The van der Waals surface area contributed by atoms with Gasteiger partial charge in [0.05, 0.1) is 13.2 Å². The molecule has 1 aliphatic heterocycles. The van der Waals surface area contributed by atoms with Crippen LogP contribution < -0.4 is 20.5 Å². The Labute approximate surface area is 273 Å². The predicted molar refractivity (Wildman–Crippen MR) is 180 cm³/mol. The van der Waals surface area contributed by atoms with Crippen LogP contribution in [0.1, 0.15) is 54.5 Å². The number of carbonyl (C=O) groups excluding carboxylic acids is 2. The Hall–Kier alpha value is -5.03. The molecule has 6 rings (SSSR count). The summed E-state index contributed by atoms with van der Waals surface area (Å²) in [5.41, 5.74) is 5.12. The summed E-state index contributed by atoms with van der Waals surface area (Å²) in [6.07, 6.45) is 6.84. The molecule has 0 unspecified atom stereocenters. The summed E-state index contributed by atoms with van der Waals surface area (Å²) in [5, 5.41) is 13.7. The highest BCUT2D eigenvalue weighted by Crippen LogP contribution is 2.40. The molecule has 0 saturated heterocycles. The van der Waals surface area contributed by atoms with Crippen LogP contribution in [0.3, 0.4) is 0 Å². The van der Waals surface area contributed by atoms with E-state index in [1.807, 2.05) is 13.0 Å². The standard InChI is InChI=1S/C36H40N6O5/c1-6-25(44)14-22(2)21-47-32-9-7-8-31(39-32)38-28-15-24(19-40(5)34(28)45)26-10-11-37-33(27(26)20-43)42-13-12-41-29(35(42)46)16-23-17-36(3,4)18-30(23)41/h6-11,15-16,19,22,43H,1,12-14,17-18,20-21H2,2-5H3,(H,38,39)/t22-/m1/s1. The minimum atomic E-state index is -0.350. The van der Waals surface area contributed by atoms with Gasteiger partial charge in [0.25, 0.3) is 11.5 Å². The smallest absolute Gasteiger partial charge is 0.276 e. The molecule has 11 heteroatoms. The Bertz CT molecular complexity index is 1940. The molecular weight excluding hydrogens is 596 g/mol. The maximum Gasteiger partial charge on any atom is 0.276 e. The molecule has 4 aromatic rings. The topological polar surface area (TPSA) is 132 Å². The molecule has 11 nitrogen and oxygen atoms in total. The van der Waals surface area contributed by atoms with E-state index >= 15 is 0 Å². The lowest BCUT2D eigenvalue weighted by Crippen LogP contribution is -2.41. The molecule has 244 valence electrons. The zero-order valence-electron chi connectivity index (χ0n) is 27.2. The fourth-order valence-electron chi connectivity index (χ4n) is 6.62. The number of aryl methyl sites for hydroxylation is 1. The lowest BCUT2D eigenvalue weighted by molar-refractivity contribution is -0.115. The van der Waals surface area contributed by atoms with Gasteiger partial charge in [-0.3, -0.25) is 19.3 Å². The van der Waals surface area contributed by atoms with E-state index in [9.17, 15) is 19.5 Å². The normalized spacial score (nSPS) is 15.6. The van der Waals surface area contributed by atoms with Gasteiger partial charge in [-0.1, -0.05) is 33.4 Å². The number of anilines is 3. The third-order valence-electron chi connectivity index (χ3n) is 8.85. The number of fused-ring (bicyclic) bond motifs is 3. The van der Waals surface area contributed by atoms with Gasteiger partial charge in [-0.15, -0.1) is 0 Å². The number of carbonyl (C=O) groups is 2. The van der Waals surface area contributed by atoms with Crippen molar-refractivity contribution in [3.05, 3.63) is 94.3 Å². The number of hydrogen-bond acceptors (Lipinski definition) is 8. The number of nitrogens with zero attached hydrogens (tertiary/aromatic N) is 5. The molecule has 0 radical (unpaired) electrons. The Morgan fingerprint density at radius 2 is 2.00 bits per heavy atom. The first-order valence-corrected chi connectivity index (χ1v) is 15.8. The molecular formula is C36H40N6O5. The van der Waals surface area contributed by atoms with E-state index in [0.29, 0.717) is 66.0 Å². The number of aromatic nitrogens is 4. The van der Waals surface area contributed by atoms with E-state index in [4.69, 9.17) is 4.74 Å². The van der Waals surface area contributed by atoms with Crippen molar-refractivity contribution >= 4 is 29.0 Å². The van der Waals surface area contributed by atoms with E-state index in [0.717, 1.165) is 12.8 Å². The third kappa shape index (κ3) is 6.35. The molecule has 0 bridgehead atoms. The quantitative estimate of drug-likeness (QED) is 0.224. The number of ketones is 1. The first-order valence-electron chi connectivity index (χ1n) is 15.8. The van der Waals surface area contributed by atoms with Gasteiger partial charge < -0.3 is 24.3 Å². The SMILES string of the molecule is C=CC(=O)C[C@@H](C)COc1cccc(Nc2cc(-c3ccnc(N4CCn5c(cc6c5CC(C)(C)C6)C4=O)c3CO)cn(C)c2=O)n1. The first-order chi connectivity index (χ1) is 22.5. The third-order valence-corrected chi connectivity index (χ3v) is 8.85. The Balaban J connectivity index is 1.26. The minimum absolute atomic E-state index is 0.0206. The fraction of sp³-hybridized carbons (Fsp3) is 0.361. The van der Waals surface area contributed by atoms with Gasteiger partial charge in [-0.05, 0) is 65.6 Å². The minimum Gasteiger partial charge on any atom is -0.477 e. The van der Waals surface area contributed by atoms with Crippen molar-refractivity contribution in [2.45, 2.75) is 53.2 Å².